The average molecular weight is 279 g/mol. The van der Waals surface area contributed by atoms with E-state index in [-0.39, 0.29) is 12.6 Å². The van der Waals surface area contributed by atoms with Crippen LogP contribution in [0.3, 0.4) is 0 Å². The standard InChI is InChI=1S/C13H22BN3O3/c1-9(7-18)17-11-10(6-15-8-16-11)14-19-12(2,3)13(4,5)20-14/h6,8-9,18H,7H2,1-5H3,(H,15,16,17). The molecule has 0 amide bonds. The molecule has 2 rings (SSSR count). The molecule has 2 N–H and O–H groups in total. The first-order chi connectivity index (χ1) is 9.27. The Morgan fingerprint density at radius 1 is 1.30 bits per heavy atom. The van der Waals surface area contributed by atoms with E-state index in [1.165, 1.54) is 6.33 Å². The van der Waals surface area contributed by atoms with E-state index in [2.05, 4.69) is 15.3 Å². The summed E-state index contributed by atoms with van der Waals surface area (Å²) in [5.41, 5.74) is -0.0766. The Balaban J connectivity index is 2.26. The molecule has 1 aromatic rings. The maximum atomic E-state index is 9.15. The van der Waals surface area contributed by atoms with Crippen molar-refractivity contribution in [1.29, 1.82) is 0 Å². The van der Waals surface area contributed by atoms with Crippen LogP contribution in [-0.2, 0) is 9.31 Å². The Bertz CT molecular complexity index is 466. The highest BCUT2D eigenvalue weighted by Crippen LogP contribution is 2.36. The molecule has 0 bridgehead atoms. The Morgan fingerprint density at radius 3 is 2.45 bits per heavy atom. The summed E-state index contributed by atoms with van der Waals surface area (Å²) in [4.78, 5) is 8.26. The topological polar surface area (TPSA) is 76.5 Å². The number of aliphatic hydroxyl groups is 1. The van der Waals surface area contributed by atoms with Gasteiger partial charge >= 0.3 is 7.12 Å². The van der Waals surface area contributed by atoms with Crippen molar-refractivity contribution in [3.8, 4) is 0 Å². The minimum Gasteiger partial charge on any atom is -0.399 e. The Morgan fingerprint density at radius 2 is 1.90 bits per heavy atom. The van der Waals surface area contributed by atoms with Gasteiger partial charge in [-0.1, -0.05) is 0 Å². The number of hydrogen-bond donors (Lipinski definition) is 2. The fourth-order valence-electron chi connectivity index (χ4n) is 1.88. The van der Waals surface area contributed by atoms with Crippen LogP contribution < -0.4 is 10.8 Å². The maximum Gasteiger partial charge on any atom is 0.500 e. The third-order valence-electron chi connectivity index (χ3n) is 3.90. The molecule has 110 valence electrons. The van der Waals surface area contributed by atoms with E-state index in [0.29, 0.717) is 5.82 Å². The first kappa shape index (κ1) is 15.2. The van der Waals surface area contributed by atoms with Crippen molar-refractivity contribution in [2.45, 2.75) is 51.9 Å². The lowest BCUT2D eigenvalue weighted by molar-refractivity contribution is 0.00578. The van der Waals surface area contributed by atoms with E-state index in [1.807, 2.05) is 34.6 Å². The van der Waals surface area contributed by atoms with Crippen molar-refractivity contribution in [2.75, 3.05) is 11.9 Å². The molecule has 20 heavy (non-hydrogen) atoms. The smallest absolute Gasteiger partial charge is 0.399 e. The third kappa shape index (κ3) is 2.80. The van der Waals surface area contributed by atoms with Gasteiger partial charge in [-0.3, -0.25) is 0 Å². The Kier molecular flexibility index (Phi) is 4.04. The molecule has 0 aliphatic carbocycles. The van der Waals surface area contributed by atoms with Gasteiger partial charge in [-0.2, -0.15) is 0 Å². The zero-order valence-corrected chi connectivity index (χ0v) is 12.7. The van der Waals surface area contributed by atoms with Gasteiger partial charge in [0.1, 0.15) is 12.1 Å². The van der Waals surface area contributed by atoms with Crippen molar-refractivity contribution in [3.63, 3.8) is 0 Å². The lowest BCUT2D eigenvalue weighted by atomic mass is 9.80. The van der Waals surface area contributed by atoms with Crippen LogP contribution in [0.2, 0.25) is 0 Å². The van der Waals surface area contributed by atoms with Crippen molar-refractivity contribution in [3.05, 3.63) is 12.5 Å². The molecule has 7 heteroatoms. The minimum atomic E-state index is -0.519. The summed E-state index contributed by atoms with van der Waals surface area (Å²) in [7, 11) is -0.519. The molecule has 0 radical (unpaired) electrons. The monoisotopic (exact) mass is 279 g/mol. The van der Waals surface area contributed by atoms with Crippen molar-refractivity contribution in [2.24, 2.45) is 0 Å². The van der Waals surface area contributed by atoms with E-state index in [0.717, 1.165) is 5.46 Å². The molecule has 1 aliphatic rings. The molecule has 1 unspecified atom stereocenters. The van der Waals surface area contributed by atoms with Crippen LogP contribution >= 0.6 is 0 Å². The van der Waals surface area contributed by atoms with Crippen LogP contribution in [0, 0.1) is 0 Å². The molecule has 1 aromatic heterocycles. The third-order valence-corrected chi connectivity index (χ3v) is 3.90. The molecular formula is C13H22BN3O3. The highest BCUT2D eigenvalue weighted by molar-refractivity contribution is 6.63. The number of nitrogens with one attached hydrogen (secondary N) is 1. The quantitative estimate of drug-likeness (QED) is 0.785. The Hall–Kier alpha value is -1.18. The van der Waals surface area contributed by atoms with Crippen molar-refractivity contribution in [1.82, 2.24) is 9.97 Å². The molecule has 0 spiro atoms. The van der Waals surface area contributed by atoms with Crippen LogP contribution in [0.15, 0.2) is 12.5 Å². The summed E-state index contributed by atoms with van der Waals surface area (Å²) in [5, 5.41) is 12.3. The van der Waals surface area contributed by atoms with E-state index in [9.17, 15) is 0 Å². The molecule has 6 nitrogen and oxygen atoms in total. The average Bonchev–Trinajstić information content (AvgIpc) is 2.59. The second kappa shape index (κ2) is 5.31. The molecule has 1 saturated heterocycles. The van der Waals surface area contributed by atoms with Gasteiger partial charge in [0.15, 0.2) is 0 Å². The number of hydrogen-bond acceptors (Lipinski definition) is 6. The second-order valence-electron chi connectivity index (χ2n) is 6.14. The summed E-state index contributed by atoms with van der Waals surface area (Å²) in [6, 6.07) is -0.105. The van der Waals surface area contributed by atoms with Crippen LogP contribution in [0.1, 0.15) is 34.6 Å². The number of anilines is 1. The number of aliphatic hydroxyl groups excluding tert-OH is 1. The van der Waals surface area contributed by atoms with Gasteiger partial charge in [0.05, 0.1) is 17.8 Å². The van der Waals surface area contributed by atoms with Gasteiger partial charge < -0.3 is 19.7 Å². The van der Waals surface area contributed by atoms with Crippen LogP contribution in [-0.4, -0.2) is 46.0 Å². The van der Waals surface area contributed by atoms with Gasteiger partial charge in [-0.25, -0.2) is 9.97 Å². The van der Waals surface area contributed by atoms with E-state index >= 15 is 0 Å². The van der Waals surface area contributed by atoms with Gasteiger partial charge in [0.2, 0.25) is 0 Å². The zero-order valence-electron chi connectivity index (χ0n) is 12.7. The van der Waals surface area contributed by atoms with E-state index < -0.39 is 18.3 Å². The Labute approximate surface area is 120 Å². The maximum absolute atomic E-state index is 9.15. The summed E-state index contributed by atoms with van der Waals surface area (Å²) in [6.07, 6.45) is 3.14. The van der Waals surface area contributed by atoms with E-state index in [1.54, 1.807) is 6.20 Å². The highest BCUT2D eigenvalue weighted by Gasteiger charge is 2.52. The largest absolute Gasteiger partial charge is 0.500 e. The lowest BCUT2D eigenvalue weighted by Crippen LogP contribution is -2.41. The molecule has 1 atom stereocenters. The van der Waals surface area contributed by atoms with Gasteiger partial charge in [0, 0.05) is 17.7 Å². The molecular weight excluding hydrogens is 257 g/mol. The van der Waals surface area contributed by atoms with Crippen LogP contribution in [0.5, 0.6) is 0 Å². The summed E-state index contributed by atoms with van der Waals surface area (Å²) >= 11 is 0. The fourth-order valence-corrected chi connectivity index (χ4v) is 1.88. The van der Waals surface area contributed by atoms with Crippen molar-refractivity contribution >= 4 is 18.4 Å². The van der Waals surface area contributed by atoms with Crippen LogP contribution in [0.4, 0.5) is 5.82 Å². The van der Waals surface area contributed by atoms with Crippen molar-refractivity contribution < 1.29 is 14.4 Å². The SMILES string of the molecule is CC(CO)Nc1ncncc1B1OC(C)(C)C(C)(C)O1. The van der Waals surface area contributed by atoms with Gasteiger partial charge in [0.25, 0.3) is 0 Å². The van der Waals surface area contributed by atoms with E-state index in [4.69, 9.17) is 14.4 Å². The normalized spacial score (nSPS) is 21.8. The first-order valence-corrected chi connectivity index (χ1v) is 6.80. The highest BCUT2D eigenvalue weighted by atomic mass is 16.7. The summed E-state index contributed by atoms with van der Waals surface area (Å²) in [5.74, 6) is 0.625. The molecule has 1 aliphatic heterocycles. The summed E-state index contributed by atoms with van der Waals surface area (Å²) < 4.78 is 12.0. The number of aromatic nitrogens is 2. The first-order valence-electron chi connectivity index (χ1n) is 6.80. The lowest BCUT2D eigenvalue weighted by Gasteiger charge is -2.32. The molecule has 0 saturated carbocycles. The predicted molar refractivity (Wildman–Crippen MR) is 77.9 cm³/mol. The van der Waals surface area contributed by atoms with Gasteiger partial charge in [-0.15, -0.1) is 0 Å². The number of nitrogens with zero attached hydrogens (tertiary/aromatic N) is 2. The number of rotatable bonds is 4. The van der Waals surface area contributed by atoms with Crippen LogP contribution in [0.25, 0.3) is 0 Å². The second-order valence-corrected chi connectivity index (χ2v) is 6.14. The predicted octanol–water partition coefficient (Wildman–Crippen LogP) is 0.568. The zero-order chi connectivity index (χ0) is 15.0. The minimum absolute atomic E-state index is 0.0206. The molecule has 2 heterocycles. The molecule has 1 fully saturated rings. The fraction of sp³-hybridized carbons (Fsp3) is 0.692. The molecule has 0 aromatic carbocycles. The van der Waals surface area contributed by atoms with Gasteiger partial charge in [-0.05, 0) is 34.6 Å². The summed E-state index contributed by atoms with van der Waals surface area (Å²) in [6.45, 7) is 9.89.